The Morgan fingerprint density at radius 3 is 2.73 bits per heavy atom. The van der Waals surface area contributed by atoms with E-state index >= 15 is 0 Å². The predicted octanol–water partition coefficient (Wildman–Crippen LogP) is 0.710. The summed E-state index contributed by atoms with van der Waals surface area (Å²) < 4.78 is 0. The van der Waals surface area contributed by atoms with Gasteiger partial charge in [-0.3, -0.25) is 29.4 Å². The Labute approximate surface area is 174 Å². The molecule has 4 aliphatic rings. The zero-order chi connectivity index (χ0) is 20.9. The molecule has 0 bridgehead atoms. The SMILES string of the molecule is O=C1CCC(N2C(=O)c3ccc(CNC[C@]45CCC[C@H]4NCC5)cc3C2=O)C(=O)N1. The average Bonchev–Trinajstić information content (AvgIpc) is 3.35. The lowest BCUT2D eigenvalue weighted by molar-refractivity contribution is -0.136. The highest BCUT2D eigenvalue weighted by Gasteiger charge is 2.46. The van der Waals surface area contributed by atoms with E-state index in [4.69, 9.17) is 0 Å². The molecule has 1 aromatic rings. The third-order valence-electron chi connectivity index (χ3n) is 7.23. The molecule has 30 heavy (non-hydrogen) atoms. The number of benzene rings is 1. The van der Waals surface area contributed by atoms with Crippen LogP contribution >= 0.6 is 0 Å². The molecule has 3 aliphatic heterocycles. The third-order valence-corrected chi connectivity index (χ3v) is 7.23. The molecule has 8 nitrogen and oxygen atoms in total. The Bertz CT molecular complexity index is 933. The molecule has 2 saturated heterocycles. The van der Waals surface area contributed by atoms with E-state index in [-0.39, 0.29) is 18.7 Å². The van der Waals surface area contributed by atoms with Crippen LogP contribution in [0.2, 0.25) is 0 Å². The van der Waals surface area contributed by atoms with Crippen LogP contribution in [-0.4, -0.2) is 53.7 Å². The minimum absolute atomic E-state index is 0.122. The van der Waals surface area contributed by atoms with E-state index < -0.39 is 23.8 Å². The van der Waals surface area contributed by atoms with E-state index in [1.165, 1.54) is 25.7 Å². The molecule has 3 N–H and O–H groups in total. The first kappa shape index (κ1) is 19.4. The highest BCUT2D eigenvalue weighted by molar-refractivity contribution is 6.23. The maximum absolute atomic E-state index is 12.9. The molecule has 1 saturated carbocycles. The summed E-state index contributed by atoms with van der Waals surface area (Å²) in [5.74, 6) is -1.88. The number of hydrogen-bond acceptors (Lipinski definition) is 6. The molecule has 0 radical (unpaired) electrons. The zero-order valence-corrected chi connectivity index (χ0v) is 16.8. The molecule has 0 aromatic heterocycles. The fraction of sp³-hybridized carbons (Fsp3) is 0.545. The van der Waals surface area contributed by atoms with Crippen LogP contribution in [0.1, 0.15) is 64.8 Å². The van der Waals surface area contributed by atoms with Crippen molar-refractivity contribution in [1.29, 1.82) is 0 Å². The van der Waals surface area contributed by atoms with Crippen molar-refractivity contribution in [3.05, 3.63) is 34.9 Å². The monoisotopic (exact) mass is 410 g/mol. The summed E-state index contributed by atoms with van der Waals surface area (Å²) in [7, 11) is 0. The number of amides is 4. The first-order valence-electron chi connectivity index (χ1n) is 10.8. The maximum atomic E-state index is 12.9. The van der Waals surface area contributed by atoms with Crippen LogP contribution < -0.4 is 16.0 Å². The number of piperidine rings is 1. The lowest BCUT2D eigenvalue weighted by Crippen LogP contribution is -2.54. The molecule has 1 aliphatic carbocycles. The normalized spacial score (nSPS) is 30.6. The minimum Gasteiger partial charge on any atom is -0.313 e. The van der Waals surface area contributed by atoms with E-state index in [9.17, 15) is 19.2 Å². The van der Waals surface area contributed by atoms with Crippen molar-refractivity contribution in [3.8, 4) is 0 Å². The van der Waals surface area contributed by atoms with Crippen molar-refractivity contribution in [3.63, 3.8) is 0 Å². The summed E-state index contributed by atoms with van der Waals surface area (Å²) in [6, 6.07) is 4.97. The smallest absolute Gasteiger partial charge is 0.262 e. The minimum atomic E-state index is -0.926. The Morgan fingerprint density at radius 2 is 1.90 bits per heavy atom. The van der Waals surface area contributed by atoms with E-state index in [1.54, 1.807) is 12.1 Å². The van der Waals surface area contributed by atoms with Crippen LogP contribution in [0.3, 0.4) is 0 Å². The Balaban J connectivity index is 1.28. The van der Waals surface area contributed by atoms with E-state index in [0.717, 1.165) is 23.6 Å². The number of carbonyl (C=O) groups is 4. The van der Waals surface area contributed by atoms with Gasteiger partial charge in [0, 0.05) is 25.6 Å². The molecule has 5 rings (SSSR count). The van der Waals surface area contributed by atoms with Crippen LogP contribution in [0.15, 0.2) is 18.2 Å². The summed E-state index contributed by atoms with van der Waals surface area (Å²) in [6.07, 6.45) is 5.25. The summed E-state index contributed by atoms with van der Waals surface area (Å²) in [6.45, 7) is 2.65. The van der Waals surface area contributed by atoms with Gasteiger partial charge in [-0.15, -0.1) is 0 Å². The second-order valence-electron chi connectivity index (χ2n) is 8.94. The van der Waals surface area contributed by atoms with Gasteiger partial charge in [-0.05, 0) is 55.3 Å². The molecular formula is C22H26N4O4. The van der Waals surface area contributed by atoms with Crippen LogP contribution in [-0.2, 0) is 16.1 Å². The Kier molecular flexibility index (Phi) is 4.71. The zero-order valence-electron chi connectivity index (χ0n) is 16.8. The second-order valence-corrected chi connectivity index (χ2v) is 8.94. The van der Waals surface area contributed by atoms with Gasteiger partial charge in [-0.2, -0.15) is 0 Å². The highest BCUT2D eigenvalue weighted by atomic mass is 16.2. The highest BCUT2D eigenvalue weighted by Crippen LogP contribution is 2.44. The number of rotatable bonds is 5. The molecule has 1 unspecified atom stereocenters. The molecule has 158 valence electrons. The van der Waals surface area contributed by atoms with Crippen LogP contribution in [0.5, 0.6) is 0 Å². The van der Waals surface area contributed by atoms with Crippen molar-refractivity contribution in [2.75, 3.05) is 13.1 Å². The largest absolute Gasteiger partial charge is 0.313 e. The molecule has 3 heterocycles. The summed E-state index contributed by atoms with van der Waals surface area (Å²) >= 11 is 0. The van der Waals surface area contributed by atoms with Gasteiger partial charge in [-0.25, -0.2) is 0 Å². The molecule has 3 atom stereocenters. The summed E-state index contributed by atoms with van der Waals surface area (Å²) in [5.41, 5.74) is 1.94. The lowest BCUT2D eigenvalue weighted by Gasteiger charge is -2.29. The first-order valence-corrected chi connectivity index (χ1v) is 10.8. The lowest BCUT2D eigenvalue weighted by atomic mass is 9.82. The third kappa shape index (κ3) is 3.06. The number of nitrogens with zero attached hydrogens (tertiary/aromatic N) is 1. The number of nitrogens with one attached hydrogen (secondary N) is 3. The van der Waals surface area contributed by atoms with Crippen molar-refractivity contribution in [2.45, 2.75) is 57.2 Å². The van der Waals surface area contributed by atoms with Crippen LogP contribution in [0, 0.1) is 5.41 Å². The first-order chi connectivity index (χ1) is 14.5. The van der Waals surface area contributed by atoms with Gasteiger partial charge in [0.2, 0.25) is 11.8 Å². The summed E-state index contributed by atoms with van der Waals surface area (Å²) in [5, 5.41) is 9.39. The van der Waals surface area contributed by atoms with Crippen LogP contribution in [0.4, 0.5) is 0 Å². The van der Waals surface area contributed by atoms with Crippen molar-refractivity contribution in [1.82, 2.24) is 20.9 Å². The van der Waals surface area contributed by atoms with Crippen molar-refractivity contribution >= 4 is 23.6 Å². The number of hydrogen-bond donors (Lipinski definition) is 3. The van der Waals surface area contributed by atoms with Gasteiger partial charge in [0.25, 0.3) is 11.8 Å². The second kappa shape index (κ2) is 7.28. The molecule has 8 heteroatoms. The van der Waals surface area contributed by atoms with Crippen molar-refractivity contribution in [2.24, 2.45) is 5.41 Å². The Morgan fingerprint density at radius 1 is 1.07 bits per heavy atom. The van der Waals surface area contributed by atoms with E-state index in [1.807, 2.05) is 6.07 Å². The maximum Gasteiger partial charge on any atom is 0.262 e. The molecule has 4 amide bonds. The van der Waals surface area contributed by atoms with Gasteiger partial charge < -0.3 is 10.6 Å². The summed E-state index contributed by atoms with van der Waals surface area (Å²) in [4.78, 5) is 50.3. The average molecular weight is 410 g/mol. The number of imide groups is 2. The quantitative estimate of drug-likeness (QED) is 0.617. The fourth-order valence-electron chi connectivity index (χ4n) is 5.64. The molecule has 0 spiro atoms. The van der Waals surface area contributed by atoms with E-state index in [0.29, 0.717) is 29.1 Å². The van der Waals surface area contributed by atoms with Gasteiger partial charge in [0.1, 0.15) is 6.04 Å². The fourth-order valence-corrected chi connectivity index (χ4v) is 5.64. The van der Waals surface area contributed by atoms with Crippen LogP contribution in [0.25, 0.3) is 0 Å². The van der Waals surface area contributed by atoms with Gasteiger partial charge >= 0.3 is 0 Å². The number of fused-ring (bicyclic) bond motifs is 2. The Hall–Kier alpha value is -2.58. The number of carbonyl (C=O) groups excluding carboxylic acids is 4. The van der Waals surface area contributed by atoms with Crippen molar-refractivity contribution < 1.29 is 19.2 Å². The molecule has 3 fully saturated rings. The molecular weight excluding hydrogens is 384 g/mol. The topological polar surface area (TPSA) is 108 Å². The standard InChI is InChI=1S/C22H26N4O4/c27-18-6-5-16(19(28)25-18)26-20(29)14-4-3-13(10-15(14)21(26)30)11-23-12-22-7-1-2-17(22)24-9-8-22/h3-4,10,16-17,23-24H,1-2,5-9,11-12H2,(H,25,27,28)/t16?,17-,22-/m1/s1. The van der Waals surface area contributed by atoms with Gasteiger partial charge in [0.05, 0.1) is 11.1 Å². The van der Waals surface area contributed by atoms with Gasteiger partial charge in [0.15, 0.2) is 0 Å². The van der Waals surface area contributed by atoms with Gasteiger partial charge in [-0.1, -0.05) is 12.5 Å². The predicted molar refractivity (Wildman–Crippen MR) is 108 cm³/mol. The molecule has 1 aromatic carbocycles. The van der Waals surface area contributed by atoms with E-state index in [2.05, 4.69) is 16.0 Å².